The Bertz CT molecular complexity index is 561. The summed E-state index contributed by atoms with van der Waals surface area (Å²) in [5.74, 6) is -0.362. The van der Waals surface area contributed by atoms with Crippen molar-refractivity contribution >= 4 is 21.6 Å². The fourth-order valence-corrected chi connectivity index (χ4v) is 3.18. The Morgan fingerprint density at radius 3 is 2.74 bits per heavy atom. The lowest BCUT2D eigenvalue weighted by Gasteiger charge is -2.12. The van der Waals surface area contributed by atoms with Crippen LogP contribution >= 0.6 is 11.6 Å². The van der Waals surface area contributed by atoms with Gasteiger partial charge < -0.3 is 5.73 Å². The number of rotatable bonds is 6. The third kappa shape index (κ3) is 4.42. The summed E-state index contributed by atoms with van der Waals surface area (Å²) >= 11 is 5.61. The standard InChI is InChI=1S/C12H16ClFN2O2S/c13-10-5-8(1-4-11(10)14)7-19(17,18)16-6-12(15)9-2-3-9/h1,4-5,9,12,16H,2-3,6-7,15H2. The average molecular weight is 307 g/mol. The van der Waals surface area contributed by atoms with Gasteiger partial charge in [-0.15, -0.1) is 0 Å². The molecular formula is C12H16ClFN2O2S. The summed E-state index contributed by atoms with van der Waals surface area (Å²) in [6.45, 7) is 0.238. The van der Waals surface area contributed by atoms with E-state index in [-0.39, 0.29) is 23.4 Å². The molecule has 0 saturated heterocycles. The van der Waals surface area contributed by atoms with Gasteiger partial charge in [-0.25, -0.2) is 17.5 Å². The van der Waals surface area contributed by atoms with Crippen LogP contribution in [0.1, 0.15) is 18.4 Å². The molecule has 1 aromatic rings. The molecule has 19 heavy (non-hydrogen) atoms. The van der Waals surface area contributed by atoms with Crippen LogP contribution in [0.25, 0.3) is 0 Å². The first kappa shape index (κ1) is 14.7. The van der Waals surface area contributed by atoms with Crippen molar-refractivity contribution in [2.45, 2.75) is 24.6 Å². The molecule has 0 bridgehead atoms. The zero-order chi connectivity index (χ0) is 14.0. The smallest absolute Gasteiger partial charge is 0.215 e. The van der Waals surface area contributed by atoms with Gasteiger partial charge in [-0.1, -0.05) is 17.7 Å². The van der Waals surface area contributed by atoms with Crippen LogP contribution in [-0.4, -0.2) is 21.0 Å². The Labute approximate surface area is 117 Å². The fourth-order valence-electron chi connectivity index (χ4n) is 1.81. The molecule has 2 rings (SSSR count). The van der Waals surface area contributed by atoms with Crippen molar-refractivity contribution in [3.05, 3.63) is 34.6 Å². The minimum atomic E-state index is -3.48. The highest BCUT2D eigenvalue weighted by Gasteiger charge is 2.29. The first-order chi connectivity index (χ1) is 8.87. The van der Waals surface area contributed by atoms with Gasteiger partial charge in [0.1, 0.15) is 5.82 Å². The number of benzene rings is 1. The van der Waals surface area contributed by atoms with Crippen LogP contribution in [0.3, 0.4) is 0 Å². The largest absolute Gasteiger partial charge is 0.326 e. The summed E-state index contributed by atoms with van der Waals surface area (Å²) < 4.78 is 39.1. The molecule has 3 N–H and O–H groups in total. The van der Waals surface area contributed by atoms with Gasteiger partial charge in [0.2, 0.25) is 10.0 Å². The van der Waals surface area contributed by atoms with Crippen molar-refractivity contribution in [1.82, 2.24) is 4.72 Å². The maximum atomic E-state index is 13.0. The number of sulfonamides is 1. The second-order valence-electron chi connectivity index (χ2n) is 4.86. The highest BCUT2D eigenvalue weighted by Crippen LogP contribution is 2.31. The van der Waals surface area contributed by atoms with Crippen molar-refractivity contribution in [3.63, 3.8) is 0 Å². The van der Waals surface area contributed by atoms with E-state index in [9.17, 15) is 12.8 Å². The fraction of sp³-hybridized carbons (Fsp3) is 0.500. The third-order valence-electron chi connectivity index (χ3n) is 3.11. The summed E-state index contributed by atoms with van der Waals surface area (Å²) in [6, 6.07) is 3.74. The maximum Gasteiger partial charge on any atom is 0.215 e. The molecule has 1 aromatic carbocycles. The SMILES string of the molecule is NC(CNS(=O)(=O)Cc1ccc(F)c(Cl)c1)C1CC1. The molecule has 0 aliphatic heterocycles. The molecule has 1 fully saturated rings. The van der Waals surface area contributed by atoms with Crippen LogP contribution in [0.2, 0.25) is 5.02 Å². The molecule has 1 aliphatic carbocycles. The zero-order valence-electron chi connectivity index (χ0n) is 10.3. The summed E-state index contributed by atoms with van der Waals surface area (Å²) in [5.41, 5.74) is 6.27. The molecule has 1 atom stereocenters. The van der Waals surface area contributed by atoms with Crippen LogP contribution in [0.15, 0.2) is 18.2 Å². The molecule has 0 heterocycles. The van der Waals surface area contributed by atoms with Crippen molar-refractivity contribution in [2.24, 2.45) is 11.7 Å². The van der Waals surface area contributed by atoms with Crippen LogP contribution in [0.4, 0.5) is 4.39 Å². The normalized spacial score (nSPS) is 17.4. The number of nitrogens with two attached hydrogens (primary N) is 1. The Morgan fingerprint density at radius 1 is 1.47 bits per heavy atom. The lowest BCUT2D eigenvalue weighted by Crippen LogP contribution is -2.39. The summed E-state index contributed by atoms with van der Waals surface area (Å²) in [4.78, 5) is 0. The molecule has 4 nitrogen and oxygen atoms in total. The van der Waals surface area contributed by atoms with Crippen LogP contribution in [0.5, 0.6) is 0 Å². The average Bonchev–Trinajstić information content (AvgIpc) is 3.15. The Balaban J connectivity index is 1.93. The molecular weight excluding hydrogens is 291 g/mol. The van der Waals surface area contributed by atoms with E-state index in [0.29, 0.717) is 11.5 Å². The van der Waals surface area contributed by atoms with E-state index in [4.69, 9.17) is 17.3 Å². The maximum absolute atomic E-state index is 13.0. The van der Waals surface area contributed by atoms with Crippen LogP contribution in [0, 0.1) is 11.7 Å². The minimum absolute atomic E-state index is 0.0811. The topological polar surface area (TPSA) is 72.2 Å². The van der Waals surface area contributed by atoms with E-state index < -0.39 is 15.8 Å². The molecule has 0 aromatic heterocycles. The lowest BCUT2D eigenvalue weighted by atomic mass is 10.2. The first-order valence-corrected chi connectivity index (χ1v) is 8.07. The van der Waals surface area contributed by atoms with E-state index in [2.05, 4.69) is 4.72 Å². The van der Waals surface area contributed by atoms with Crippen molar-refractivity contribution < 1.29 is 12.8 Å². The van der Waals surface area contributed by atoms with Gasteiger partial charge in [-0.2, -0.15) is 0 Å². The molecule has 1 unspecified atom stereocenters. The monoisotopic (exact) mass is 306 g/mol. The second kappa shape index (κ2) is 5.75. The molecule has 0 spiro atoms. The van der Waals surface area contributed by atoms with Crippen molar-refractivity contribution in [3.8, 4) is 0 Å². The Morgan fingerprint density at radius 2 is 2.16 bits per heavy atom. The van der Waals surface area contributed by atoms with Crippen molar-refractivity contribution in [2.75, 3.05) is 6.54 Å². The van der Waals surface area contributed by atoms with Crippen LogP contribution < -0.4 is 10.5 Å². The number of hydrogen-bond acceptors (Lipinski definition) is 3. The van der Waals surface area contributed by atoms with Gasteiger partial charge >= 0.3 is 0 Å². The first-order valence-electron chi connectivity index (χ1n) is 6.04. The Hall–Kier alpha value is -0.690. The van der Waals surface area contributed by atoms with Gasteiger partial charge in [0.25, 0.3) is 0 Å². The highest BCUT2D eigenvalue weighted by molar-refractivity contribution is 7.88. The second-order valence-corrected chi connectivity index (χ2v) is 7.07. The Kier molecular flexibility index (Phi) is 4.45. The van der Waals surface area contributed by atoms with E-state index in [1.807, 2.05) is 0 Å². The highest BCUT2D eigenvalue weighted by atomic mass is 35.5. The van der Waals surface area contributed by atoms with Crippen molar-refractivity contribution in [1.29, 1.82) is 0 Å². The van der Waals surface area contributed by atoms with Gasteiger partial charge in [0.05, 0.1) is 10.8 Å². The number of halogens is 2. The molecule has 1 aliphatic rings. The van der Waals surface area contributed by atoms with Gasteiger partial charge in [0.15, 0.2) is 0 Å². The molecule has 7 heteroatoms. The minimum Gasteiger partial charge on any atom is -0.326 e. The summed E-state index contributed by atoms with van der Waals surface area (Å²) in [5, 5.41) is -0.0811. The molecule has 0 radical (unpaired) electrons. The number of nitrogens with one attached hydrogen (secondary N) is 1. The molecule has 1 saturated carbocycles. The van der Waals surface area contributed by atoms with E-state index in [1.54, 1.807) is 0 Å². The number of hydrogen-bond donors (Lipinski definition) is 2. The summed E-state index contributed by atoms with van der Waals surface area (Å²) in [6.07, 6.45) is 2.13. The lowest BCUT2D eigenvalue weighted by molar-refractivity contribution is 0.547. The summed E-state index contributed by atoms with van der Waals surface area (Å²) in [7, 11) is -3.48. The zero-order valence-corrected chi connectivity index (χ0v) is 11.8. The van der Waals surface area contributed by atoms with E-state index in [0.717, 1.165) is 18.9 Å². The van der Waals surface area contributed by atoms with Gasteiger partial charge in [-0.05, 0) is 36.5 Å². The van der Waals surface area contributed by atoms with E-state index >= 15 is 0 Å². The third-order valence-corrected chi connectivity index (χ3v) is 4.72. The van der Waals surface area contributed by atoms with Gasteiger partial charge in [-0.3, -0.25) is 0 Å². The van der Waals surface area contributed by atoms with Crippen LogP contribution in [-0.2, 0) is 15.8 Å². The molecule has 0 amide bonds. The predicted octanol–water partition coefficient (Wildman–Crippen LogP) is 1.64. The quantitative estimate of drug-likeness (QED) is 0.839. The molecule has 106 valence electrons. The van der Waals surface area contributed by atoms with E-state index in [1.165, 1.54) is 12.1 Å². The van der Waals surface area contributed by atoms with Gasteiger partial charge in [0, 0.05) is 12.6 Å². The predicted molar refractivity (Wildman–Crippen MR) is 72.7 cm³/mol.